The molecule has 1 unspecified atom stereocenters. The van der Waals surface area contributed by atoms with Gasteiger partial charge in [-0.15, -0.1) is 0 Å². The van der Waals surface area contributed by atoms with Gasteiger partial charge in [0.1, 0.15) is 11.6 Å². The third kappa shape index (κ3) is 1.91. The van der Waals surface area contributed by atoms with Gasteiger partial charge in [0, 0.05) is 34.6 Å². The van der Waals surface area contributed by atoms with Crippen LogP contribution in [0.1, 0.15) is 22.8 Å². The molecule has 1 aromatic carbocycles. The highest BCUT2D eigenvalue weighted by atomic mass is 32.2. The molecule has 0 fully saturated rings. The van der Waals surface area contributed by atoms with Crippen molar-refractivity contribution in [3.63, 3.8) is 0 Å². The molecule has 0 saturated heterocycles. The second-order valence-corrected chi connectivity index (χ2v) is 4.72. The van der Waals surface area contributed by atoms with Crippen LogP contribution in [0.5, 0.6) is 0 Å². The average Bonchev–Trinajstić information content (AvgIpc) is 2.30. The lowest BCUT2D eigenvalue weighted by Crippen LogP contribution is -2.13. The Morgan fingerprint density at radius 3 is 2.87 bits per heavy atom. The molecule has 1 aromatic rings. The first-order valence-corrected chi connectivity index (χ1v) is 5.85. The lowest BCUT2D eigenvalue weighted by Gasteiger charge is -2.07. The molecule has 80 valence electrons. The molecule has 15 heavy (non-hydrogen) atoms. The summed E-state index contributed by atoms with van der Waals surface area (Å²) in [6.07, 6.45) is 0. The van der Waals surface area contributed by atoms with Crippen molar-refractivity contribution >= 4 is 17.5 Å². The Kier molecular flexibility index (Phi) is 2.78. The van der Waals surface area contributed by atoms with E-state index >= 15 is 0 Å². The number of thioether (sulfide) groups is 1. The Morgan fingerprint density at radius 2 is 2.13 bits per heavy atom. The number of ketones is 1. The molecule has 2 rings (SSSR count). The van der Waals surface area contributed by atoms with Crippen LogP contribution < -0.4 is 0 Å². The number of carbonyl (C=O) groups is 1. The van der Waals surface area contributed by atoms with Gasteiger partial charge in [-0.05, 0) is 6.07 Å². The molecule has 0 bridgehead atoms. The summed E-state index contributed by atoms with van der Waals surface area (Å²) in [7, 11) is 0. The predicted molar refractivity (Wildman–Crippen MR) is 56.0 cm³/mol. The van der Waals surface area contributed by atoms with Crippen LogP contribution in [0.4, 0.5) is 8.78 Å². The third-order valence-electron chi connectivity index (χ3n) is 2.49. The van der Waals surface area contributed by atoms with Gasteiger partial charge in [-0.1, -0.05) is 6.92 Å². The summed E-state index contributed by atoms with van der Waals surface area (Å²) in [6.45, 7) is 1.78. The molecule has 0 spiro atoms. The summed E-state index contributed by atoms with van der Waals surface area (Å²) in [4.78, 5) is 11.8. The lowest BCUT2D eigenvalue weighted by molar-refractivity contribution is 0.0941. The summed E-state index contributed by atoms with van der Waals surface area (Å²) < 4.78 is 26.4. The normalized spacial score (nSPS) is 21.0. The van der Waals surface area contributed by atoms with Crippen LogP contribution in [0.25, 0.3) is 0 Å². The summed E-state index contributed by atoms with van der Waals surface area (Å²) in [6, 6.07) is 1.98. The highest BCUT2D eigenvalue weighted by molar-refractivity contribution is 7.98. The van der Waals surface area contributed by atoms with Gasteiger partial charge in [0.25, 0.3) is 0 Å². The Bertz CT molecular complexity index is 417. The van der Waals surface area contributed by atoms with Crippen LogP contribution in [0.15, 0.2) is 12.1 Å². The van der Waals surface area contributed by atoms with E-state index in [2.05, 4.69) is 0 Å². The highest BCUT2D eigenvalue weighted by Gasteiger charge is 2.25. The van der Waals surface area contributed by atoms with E-state index in [4.69, 9.17) is 0 Å². The Balaban J connectivity index is 2.58. The second kappa shape index (κ2) is 3.93. The monoisotopic (exact) mass is 228 g/mol. The van der Waals surface area contributed by atoms with Crippen LogP contribution in [0.3, 0.4) is 0 Å². The zero-order valence-corrected chi connectivity index (χ0v) is 9.04. The lowest BCUT2D eigenvalue weighted by atomic mass is 9.97. The summed E-state index contributed by atoms with van der Waals surface area (Å²) in [5, 5.41) is 0. The van der Waals surface area contributed by atoms with E-state index in [1.807, 2.05) is 0 Å². The van der Waals surface area contributed by atoms with Crippen molar-refractivity contribution < 1.29 is 13.6 Å². The smallest absolute Gasteiger partial charge is 0.167 e. The largest absolute Gasteiger partial charge is 0.294 e. The van der Waals surface area contributed by atoms with Gasteiger partial charge in [0.05, 0.1) is 0 Å². The van der Waals surface area contributed by atoms with Crippen molar-refractivity contribution in [3.8, 4) is 0 Å². The van der Waals surface area contributed by atoms with Crippen molar-refractivity contribution in [2.75, 3.05) is 5.75 Å². The molecule has 1 aliphatic rings. The molecular weight excluding hydrogens is 218 g/mol. The number of hydrogen-bond acceptors (Lipinski definition) is 2. The van der Waals surface area contributed by atoms with Crippen LogP contribution in [-0.2, 0) is 5.75 Å². The number of Topliss-reactive ketones (excluding diaryl/α,β-unsaturated/α-hetero) is 1. The van der Waals surface area contributed by atoms with Crippen molar-refractivity contribution in [2.45, 2.75) is 12.7 Å². The van der Waals surface area contributed by atoms with E-state index in [1.165, 1.54) is 11.8 Å². The molecule has 0 aliphatic carbocycles. The van der Waals surface area contributed by atoms with Gasteiger partial charge < -0.3 is 0 Å². The molecule has 4 heteroatoms. The molecule has 1 aliphatic heterocycles. The van der Waals surface area contributed by atoms with Gasteiger partial charge in [0.2, 0.25) is 0 Å². The first-order valence-electron chi connectivity index (χ1n) is 4.69. The van der Waals surface area contributed by atoms with E-state index in [1.54, 1.807) is 6.92 Å². The minimum absolute atomic E-state index is 0.159. The van der Waals surface area contributed by atoms with E-state index in [0.717, 1.165) is 12.1 Å². The maximum absolute atomic E-state index is 13.4. The maximum Gasteiger partial charge on any atom is 0.167 e. The molecule has 1 nitrogen and oxygen atoms in total. The first-order chi connectivity index (χ1) is 7.09. The zero-order chi connectivity index (χ0) is 11.0. The molecule has 0 radical (unpaired) electrons. The number of benzene rings is 1. The highest BCUT2D eigenvalue weighted by Crippen LogP contribution is 2.29. The van der Waals surface area contributed by atoms with Crippen LogP contribution in [-0.4, -0.2) is 11.5 Å². The number of rotatable bonds is 0. The van der Waals surface area contributed by atoms with Crippen LogP contribution in [0, 0.1) is 17.6 Å². The van der Waals surface area contributed by atoms with Gasteiger partial charge in [0.15, 0.2) is 5.78 Å². The zero-order valence-electron chi connectivity index (χ0n) is 8.22. The SMILES string of the molecule is CC1CSCc2c(F)cc(F)cc2C1=O. The van der Waals surface area contributed by atoms with E-state index in [9.17, 15) is 13.6 Å². The van der Waals surface area contributed by atoms with Gasteiger partial charge in [-0.3, -0.25) is 4.79 Å². The quantitative estimate of drug-likeness (QED) is 0.679. The minimum atomic E-state index is -0.682. The topological polar surface area (TPSA) is 17.1 Å². The average molecular weight is 228 g/mol. The molecule has 0 saturated carbocycles. The molecule has 0 N–H and O–H groups in total. The minimum Gasteiger partial charge on any atom is -0.294 e. The van der Waals surface area contributed by atoms with Crippen molar-refractivity contribution in [3.05, 3.63) is 34.9 Å². The third-order valence-corrected chi connectivity index (χ3v) is 3.72. The van der Waals surface area contributed by atoms with Crippen LogP contribution >= 0.6 is 11.8 Å². The number of carbonyl (C=O) groups excluding carboxylic acids is 1. The molecule has 0 aromatic heterocycles. The fourth-order valence-corrected chi connectivity index (χ4v) is 2.77. The predicted octanol–water partition coefficient (Wildman–Crippen LogP) is 3.03. The van der Waals surface area contributed by atoms with Gasteiger partial charge in [-0.2, -0.15) is 11.8 Å². The van der Waals surface area contributed by atoms with Gasteiger partial charge in [-0.25, -0.2) is 8.78 Å². The molecular formula is C11H10F2OS. The summed E-state index contributed by atoms with van der Waals surface area (Å²) in [5.74, 6) is -0.518. The van der Waals surface area contributed by atoms with E-state index < -0.39 is 11.6 Å². The fraction of sp³-hybridized carbons (Fsp3) is 0.364. The first kappa shape index (κ1) is 10.6. The number of fused-ring (bicyclic) bond motifs is 1. The molecule has 1 atom stereocenters. The molecule has 0 amide bonds. The Morgan fingerprint density at radius 1 is 1.40 bits per heavy atom. The van der Waals surface area contributed by atoms with Gasteiger partial charge >= 0.3 is 0 Å². The molecule has 1 heterocycles. The number of hydrogen-bond donors (Lipinski definition) is 0. The van der Waals surface area contributed by atoms with Crippen molar-refractivity contribution in [2.24, 2.45) is 5.92 Å². The fourth-order valence-electron chi connectivity index (χ4n) is 1.65. The maximum atomic E-state index is 13.4. The second-order valence-electron chi connectivity index (χ2n) is 3.69. The van der Waals surface area contributed by atoms with E-state index in [-0.39, 0.29) is 17.3 Å². The van der Waals surface area contributed by atoms with Crippen LogP contribution in [0.2, 0.25) is 0 Å². The number of halogens is 2. The summed E-state index contributed by atoms with van der Waals surface area (Å²) >= 11 is 1.51. The van der Waals surface area contributed by atoms with E-state index in [0.29, 0.717) is 17.1 Å². The Labute approximate surface area is 90.9 Å². The Hall–Kier alpha value is -0.900. The standard InChI is InChI=1S/C11H10F2OS/c1-6-4-15-5-9-8(11(6)14)2-7(12)3-10(9)13/h2-3,6H,4-5H2,1H3. The van der Waals surface area contributed by atoms with Crippen molar-refractivity contribution in [1.82, 2.24) is 0 Å². The van der Waals surface area contributed by atoms with Crippen molar-refractivity contribution in [1.29, 1.82) is 0 Å². The summed E-state index contributed by atoms with van der Waals surface area (Å²) in [5.41, 5.74) is 0.556.